The molecule has 20 heavy (non-hydrogen) atoms. The summed E-state index contributed by atoms with van der Waals surface area (Å²) in [7, 11) is -1.97. The van der Waals surface area contributed by atoms with Gasteiger partial charge in [-0.1, -0.05) is 19.8 Å². The number of nitrogens with two attached hydrogens (primary N) is 1. The molecular weight excluding hydrogens is 342 g/mol. The Morgan fingerprint density at radius 2 is 2.05 bits per heavy atom. The Balaban J connectivity index is 2.36. The van der Waals surface area contributed by atoms with Crippen LogP contribution in [-0.4, -0.2) is 30.8 Å². The second-order valence-corrected chi connectivity index (χ2v) is 8.27. The zero-order chi connectivity index (χ0) is 14.9. The molecule has 1 saturated carbocycles. The highest BCUT2D eigenvalue weighted by Gasteiger charge is 2.34. The molecule has 1 aromatic heterocycles. The maximum absolute atomic E-state index is 12.7. The standard InChI is InChI=1S/C13H20BrN3O2S/c1-9-5-3-4-6-11(9)17(2)20(18,19)12-7-10(14)8-16-13(12)15/h7-9,11H,3-6H2,1-2H3,(H2,15,16). The fourth-order valence-corrected chi connectivity index (χ4v) is 4.86. The van der Waals surface area contributed by atoms with E-state index >= 15 is 0 Å². The fourth-order valence-electron chi connectivity index (χ4n) is 2.81. The zero-order valence-corrected chi connectivity index (χ0v) is 14.1. The van der Waals surface area contributed by atoms with Crippen molar-refractivity contribution in [1.29, 1.82) is 0 Å². The minimum atomic E-state index is -3.61. The normalized spacial score (nSPS) is 24.0. The monoisotopic (exact) mass is 361 g/mol. The van der Waals surface area contributed by atoms with Crippen LogP contribution in [0.5, 0.6) is 0 Å². The van der Waals surface area contributed by atoms with E-state index in [9.17, 15) is 8.42 Å². The maximum atomic E-state index is 12.7. The van der Waals surface area contributed by atoms with Crippen molar-refractivity contribution in [2.24, 2.45) is 5.92 Å². The van der Waals surface area contributed by atoms with Gasteiger partial charge in [0.1, 0.15) is 10.7 Å². The SMILES string of the molecule is CC1CCCCC1N(C)S(=O)(=O)c1cc(Br)cnc1N. The first-order chi connectivity index (χ1) is 9.34. The van der Waals surface area contributed by atoms with Crippen LogP contribution in [0.4, 0.5) is 5.82 Å². The lowest BCUT2D eigenvalue weighted by molar-refractivity contribution is 0.213. The number of aromatic nitrogens is 1. The molecule has 0 amide bonds. The van der Waals surface area contributed by atoms with Crippen molar-refractivity contribution in [3.8, 4) is 0 Å². The quantitative estimate of drug-likeness (QED) is 0.897. The molecule has 1 fully saturated rings. The molecule has 2 N–H and O–H groups in total. The second kappa shape index (κ2) is 5.99. The van der Waals surface area contributed by atoms with Crippen LogP contribution in [0.1, 0.15) is 32.6 Å². The van der Waals surface area contributed by atoms with E-state index in [2.05, 4.69) is 27.8 Å². The summed E-state index contributed by atoms with van der Waals surface area (Å²) in [5.74, 6) is 0.411. The van der Waals surface area contributed by atoms with Crippen LogP contribution < -0.4 is 5.73 Å². The average molecular weight is 362 g/mol. The molecule has 2 atom stereocenters. The summed E-state index contributed by atoms with van der Waals surface area (Å²) in [6.07, 6.45) is 5.71. The number of hydrogen-bond acceptors (Lipinski definition) is 4. The average Bonchev–Trinajstić information content (AvgIpc) is 2.41. The number of hydrogen-bond donors (Lipinski definition) is 1. The minimum Gasteiger partial charge on any atom is -0.383 e. The van der Waals surface area contributed by atoms with Crippen LogP contribution in [-0.2, 0) is 10.0 Å². The number of nitrogen functional groups attached to an aromatic ring is 1. The van der Waals surface area contributed by atoms with Gasteiger partial charge in [-0.25, -0.2) is 13.4 Å². The van der Waals surface area contributed by atoms with Crippen LogP contribution >= 0.6 is 15.9 Å². The molecule has 1 aromatic rings. The third kappa shape index (κ3) is 2.99. The maximum Gasteiger partial charge on any atom is 0.246 e. The van der Waals surface area contributed by atoms with E-state index in [4.69, 9.17) is 5.73 Å². The summed E-state index contributed by atoms with van der Waals surface area (Å²) in [6, 6.07) is 1.55. The second-order valence-electron chi connectivity index (χ2n) is 5.39. The van der Waals surface area contributed by atoms with Gasteiger partial charge in [-0.3, -0.25) is 0 Å². The molecular formula is C13H20BrN3O2S. The summed E-state index contributed by atoms with van der Waals surface area (Å²) in [5.41, 5.74) is 5.74. The molecule has 7 heteroatoms. The molecule has 0 aromatic carbocycles. The Bertz CT molecular complexity index is 591. The molecule has 0 bridgehead atoms. The zero-order valence-electron chi connectivity index (χ0n) is 11.7. The van der Waals surface area contributed by atoms with E-state index in [1.54, 1.807) is 7.05 Å². The Morgan fingerprint density at radius 3 is 2.70 bits per heavy atom. The third-order valence-corrected chi connectivity index (χ3v) is 6.38. The van der Waals surface area contributed by atoms with Crippen molar-refractivity contribution in [2.45, 2.75) is 43.5 Å². The van der Waals surface area contributed by atoms with Gasteiger partial charge in [0.05, 0.1) is 0 Å². The third-order valence-electron chi connectivity index (χ3n) is 4.04. The van der Waals surface area contributed by atoms with Crippen molar-refractivity contribution in [2.75, 3.05) is 12.8 Å². The van der Waals surface area contributed by atoms with E-state index in [1.165, 1.54) is 23.0 Å². The highest BCUT2D eigenvalue weighted by molar-refractivity contribution is 9.10. The van der Waals surface area contributed by atoms with Gasteiger partial charge in [0.15, 0.2) is 0 Å². The first-order valence-corrected chi connectivity index (χ1v) is 8.96. The van der Waals surface area contributed by atoms with Gasteiger partial charge in [0.25, 0.3) is 0 Å². The van der Waals surface area contributed by atoms with Gasteiger partial charge in [0, 0.05) is 23.8 Å². The largest absolute Gasteiger partial charge is 0.383 e. The van der Waals surface area contributed by atoms with Crippen molar-refractivity contribution < 1.29 is 8.42 Å². The minimum absolute atomic E-state index is 0.0344. The number of pyridine rings is 1. The van der Waals surface area contributed by atoms with Crippen molar-refractivity contribution in [3.63, 3.8) is 0 Å². The molecule has 5 nitrogen and oxygen atoms in total. The molecule has 1 aliphatic carbocycles. The lowest BCUT2D eigenvalue weighted by atomic mass is 9.86. The molecule has 1 heterocycles. The van der Waals surface area contributed by atoms with E-state index in [0.29, 0.717) is 10.4 Å². The van der Waals surface area contributed by atoms with E-state index < -0.39 is 10.0 Å². The first-order valence-electron chi connectivity index (χ1n) is 6.73. The summed E-state index contributed by atoms with van der Waals surface area (Å²) >= 11 is 3.24. The van der Waals surface area contributed by atoms with Crippen LogP contribution in [0.25, 0.3) is 0 Å². The van der Waals surface area contributed by atoms with E-state index in [1.807, 2.05) is 0 Å². The summed E-state index contributed by atoms with van der Waals surface area (Å²) in [4.78, 5) is 3.99. The van der Waals surface area contributed by atoms with Crippen LogP contribution in [0, 0.1) is 5.92 Å². The van der Waals surface area contributed by atoms with Crippen LogP contribution in [0.2, 0.25) is 0 Å². The topological polar surface area (TPSA) is 76.3 Å². The highest BCUT2D eigenvalue weighted by Crippen LogP contribution is 2.32. The molecule has 2 rings (SSSR count). The number of anilines is 1. The van der Waals surface area contributed by atoms with Gasteiger partial charge < -0.3 is 5.73 Å². The molecule has 0 radical (unpaired) electrons. The van der Waals surface area contributed by atoms with Crippen molar-refractivity contribution >= 4 is 31.8 Å². The van der Waals surface area contributed by atoms with Gasteiger partial charge in [0.2, 0.25) is 10.0 Å². The van der Waals surface area contributed by atoms with Crippen molar-refractivity contribution in [1.82, 2.24) is 9.29 Å². The molecule has 0 aliphatic heterocycles. The predicted molar refractivity (Wildman–Crippen MR) is 82.7 cm³/mol. The predicted octanol–water partition coefficient (Wildman–Crippen LogP) is 2.63. The number of sulfonamides is 1. The Hall–Kier alpha value is -0.660. The molecule has 0 saturated heterocycles. The van der Waals surface area contributed by atoms with Gasteiger partial charge in [-0.15, -0.1) is 0 Å². The van der Waals surface area contributed by atoms with Crippen molar-refractivity contribution in [3.05, 3.63) is 16.7 Å². The van der Waals surface area contributed by atoms with Gasteiger partial charge >= 0.3 is 0 Å². The first kappa shape index (κ1) is 15.7. The Labute approximate surface area is 128 Å². The summed E-state index contributed by atoms with van der Waals surface area (Å²) in [5, 5.41) is 0. The summed E-state index contributed by atoms with van der Waals surface area (Å²) < 4.78 is 27.5. The lowest BCUT2D eigenvalue weighted by Crippen LogP contribution is -2.42. The lowest BCUT2D eigenvalue weighted by Gasteiger charge is -2.35. The van der Waals surface area contributed by atoms with Gasteiger partial charge in [-0.2, -0.15) is 4.31 Å². The molecule has 2 unspecified atom stereocenters. The highest BCUT2D eigenvalue weighted by atomic mass is 79.9. The number of halogens is 1. The van der Waals surface area contributed by atoms with E-state index in [-0.39, 0.29) is 16.8 Å². The van der Waals surface area contributed by atoms with Gasteiger partial charge in [-0.05, 0) is 40.8 Å². The smallest absolute Gasteiger partial charge is 0.246 e. The van der Waals surface area contributed by atoms with E-state index in [0.717, 1.165) is 19.3 Å². The Morgan fingerprint density at radius 1 is 1.40 bits per heavy atom. The molecule has 112 valence electrons. The molecule has 0 spiro atoms. The fraction of sp³-hybridized carbons (Fsp3) is 0.615. The summed E-state index contributed by atoms with van der Waals surface area (Å²) in [6.45, 7) is 2.11. The van der Waals surface area contributed by atoms with Crippen LogP contribution in [0.15, 0.2) is 21.6 Å². The Kier molecular flexibility index (Phi) is 4.71. The van der Waals surface area contributed by atoms with Crippen LogP contribution in [0.3, 0.4) is 0 Å². The molecule has 1 aliphatic rings. The number of rotatable bonds is 3. The number of nitrogens with zero attached hydrogens (tertiary/aromatic N) is 2.